The summed E-state index contributed by atoms with van der Waals surface area (Å²) in [4.78, 5) is 38.0. The van der Waals surface area contributed by atoms with Crippen LogP contribution in [0, 0.1) is 0 Å². The van der Waals surface area contributed by atoms with Crippen LogP contribution in [0.5, 0.6) is 0 Å². The van der Waals surface area contributed by atoms with E-state index in [4.69, 9.17) is 9.47 Å². The summed E-state index contributed by atoms with van der Waals surface area (Å²) in [6.45, 7) is 5.43. The summed E-state index contributed by atoms with van der Waals surface area (Å²) in [6, 6.07) is 14.0. The number of carbonyl (C=O) groups is 3. The number of benzene rings is 2. The first-order valence-electron chi connectivity index (χ1n) is 11.0. The third kappa shape index (κ3) is 4.65. The van der Waals surface area contributed by atoms with E-state index < -0.39 is 35.8 Å². The fourth-order valence-electron chi connectivity index (χ4n) is 4.57. The van der Waals surface area contributed by atoms with Crippen LogP contribution in [0.3, 0.4) is 0 Å². The molecule has 8 heteroatoms. The number of amides is 2. The highest BCUT2D eigenvalue weighted by Gasteiger charge is 2.44. The van der Waals surface area contributed by atoms with Gasteiger partial charge in [0.15, 0.2) is 6.04 Å². The molecule has 2 aromatic rings. The maximum Gasteiger partial charge on any atom is 0.411 e. The van der Waals surface area contributed by atoms with Crippen LogP contribution in [0.4, 0.5) is 9.59 Å². The van der Waals surface area contributed by atoms with E-state index in [9.17, 15) is 19.5 Å². The molecule has 0 radical (unpaired) electrons. The number of carbonyl (C=O) groups excluding carboxylic acids is 2. The summed E-state index contributed by atoms with van der Waals surface area (Å²) in [6.07, 6.45) is -1.13. The van der Waals surface area contributed by atoms with E-state index >= 15 is 0 Å². The van der Waals surface area contributed by atoms with E-state index in [1.54, 1.807) is 20.8 Å². The molecule has 2 N–H and O–H groups in total. The van der Waals surface area contributed by atoms with E-state index in [-0.39, 0.29) is 19.1 Å². The number of hydrogen-bond acceptors (Lipinski definition) is 5. The highest BCUT2D eigenvalue weighted by molar-refractivity contribution is 5.83. The smallest absolute Gasteiger partial charge is 0.411 e. The van der Waals surface area contributed by atoms with E-state index in [1.807, 2.05) is 36.4 Å². The maximum atomic E-state index is 12.6. The quantitative estimate of drug-likeness (QED) is 0.727. The van der Waals surface area contributed by atoms with Crippen LogP contribution in [0.1, 0.15) is 44.2 Å². The standard InChI is InChI=1S/C25H28N2O6/c1-25(2,3)33-24(31)27-13-12-20(21(27)22(28)29)26-23(30)32-14-19-17-10-6-4-8-15(17)16-9-5-7-11-18(16)19/h4-11,19-21H,12-14H2,1-3H3,(H,26,30)(H,28,29)/t20-,21+/m0/s1. The van der Waals surface area contributed by atoms with E-state index in [2.05, 4.69) is 17.4 Å². The number of carboxylic acid groups (broad SMARTS) is 1. The van der Waals surface area contributed by atoms with Gasteiger partial charge in [-0.25, -0.2) is 14.4 Å². The van der Waals surface area contributed by atoms with Crippen molar-refractivity contribution in [2.75, 3.05) is 13.2 Å². The molecule has 1 aliphatic heterocycles. The average molecular weight is 453 g/mol. The summed E-state index contributed by atoms with van der Waals surface area (Å²) in [5.41, 5.74) is 3.67. The Labute approximate surface area is 192 Å². The number of fused-ring (bicyclic) bond motifs is 3. The number of rotatable bonds is 4. The Morgan fingerprint density at radius 3 is 2.15 bits per heavy atom. The Balaban J connectivity index is 1.41. The van der Waals surface area contributed by atoms with Gasteiger partial charge in [0.1, 0.15) is 12.2 Å². The SMILES string of the molecule is CC(C)(C)OC(=O)N1CC[C@H](NC(=O)OCC2c3ccccc3-c3ccccc32)[C@@H]1C(=O)O. The van der Waals surface area contributed by atoms with Gasteiger partial charge in [-0.3, -0.25) is 4.90 Å². The predicted molar refractivity (Wildman–Crippen MR) is 121 cm³/mol. The Morgan fingerprint density at radius 2 is 1.61 bits per heavy atom. The third-order valence-electron chi connectivity index (χ3n) is 5.93. The summed E-state index contributed by atoms with van der Waals surface area (Å²) in [5.74, 6) is -1.30. The van der Waals surface area contributed by atoms with Crippen molar-refractivity contribution in [1.29, 1.82) is 0 Å². The van der Waals surface area contributed by atoms with Crippen molar-refractivity contribution < 1.29 is 29.0 Å². The van der Waals surface area contributed by atoms with Gasteiger partial charge in [-0.2, -0.15) is 0 Å². The van der Waals surface area contributed by atoms with Crippen LogP contribution in [0.2, 0.25) is 0 Å². The molecule has 0 aromatic heterocycles. The Kier molecular flexibility index (Phi) is 6.01. The van der Waals surface area contributed by atoms with Crippen molar-refractivity contribution in [3.63, 3.8) is 0 Å². The number of nitrogens with one attached hydrogen (secondary N) is 1. The van der Waals surface area contributed by atoms with Gasteiger partial charge in [0.05, 0.1) is 6.04 Å². The zero-order chi connectivity index (χ0) is 23.8. The fourth-order valence-corrected chi connectivity index (χ4v) is 4.57. The van der Waals surface area contributed by atoms with E-state index in [0.717, 1.165) is 27.2 Å². The minimum Gasteiger partial charge on any atom is -0.480 e. The molecule has 1 aliphatic carbocycles. The fraction of sp³-hybridized carbons (Fsp3) is 0.400. The molecule has 8 nitrogen and oxygen atoms in total. The van der Waals surface area contributed by atoms with Crippen LogP contribution < -0.4 is 5.32 Å². The summed E-state index contributed by atoms with van der Waals surface area (Å²) < 4.78 is 10.8. The first kappa shape index (κ1) is 22.6. The highest BCUT2D eigenvalue weighted by Crippen LogP contribution is 2.44. The second kappa shape index (κ2) is 8.77. The second-order valence-electron chi connectivity index (χ2n) is 9.32. The topological polar surface area (TPSA) is 105 Å². The molecule has 2 atom stereocenters. The number of aliphatic carboxylic acids is 1. The maximum absolute atomic E-state index is 12.6. The summed E-state index contributed by atoms with van der Waals surface area (Å²) in [7, 11) is 0. The van der Waals surface area contributed by atoms with Crippen molar-refractivity contribution in [2.24, 2.45) is 0 Å². The molecule has 0 spiro atoms. The average Bonchev–Trinajstić information content (AvgIpc) is 3.30. The van der Waals surface area contributed by atoms with Crippen LogP contribution in [-0.2, 0) is 14.3 Å². The van der Waals surface area contributed by atoms with Gasteiger partial charge in [-0.1, -0.05) is 48.5 Å². The van der Waals surface area contributed by atoms with Crippen LogP contribution >= 0.6 is 0 Å². The summed E-state index contributed by atoms with van der Waals surface area (Å²) >= 11 is 0. The summed E-state index contributed by atoms with van der Waals surface area (Å²) in [5, 5.41) is 12.3. The molecule has 0 unspecified atom stereocenters. The number of likely N-dealkylation sites (tertiary alicyclic amines) is 1. The van der Waals surface area contributed by atoms with Crippen LogP contribution in [0.25, 0.3) is 11.1 Å². The number of carboxylic acids is 1. The monoisotopic (exact) mass is 452 g/mol. The molecule has 1 fully saturated rings. The molecule has 174 valence electrons. The Morgan fingerprint density at radius 1 is 1.03 bits per heavy atom. The number of ether oxygens (including phenoxy) is 2. The van der Waals surface area contributed by atoms with Crippen LogP contribution in [-0.4, -0.2) is 59.0 Å². The van der Waals surface area contributed by atoms with Crippen molar-refractivity contribution in [2.45, 2.75) is 50.8 Å². The zero-order valence-electron chi connectivity index (χ0n) is 18.9. The van der Waals surface area contributed by atoms with Gasteiger partial charge in [0.25, 0.3) is 0 Å². The molecule has 2 aliphatic rings. The molecule has 2 aromatic carbocycles. The Hall–Kier alpha value is -3.55. The van der Waals surface area contributed by atoms with Crippen molar-refractivity contribution in [3.05, 3.63) is 59.7 Å². The molecule has 33 heavy (non-hydrogen) atoms. The molecule has 1 saturated heterocycles. The lowest BCUT2D eigenvalue weighted by Gasteiger charge is -2.28. The lowest BCUT2D eigenvalue weighted by molar-refractivity contribution is -0.142. The lowest BCUT2D eigenvalue weighted by atomic mass is 9.98. The van der Waals surface area contributed by atoms with Crippen molar-refractivity contribution in [1.82, 2.24) is 10.2 Å². The molecule has 4 rings (SSSR count). The van der Waals surface area contributed by atoms with Crippen LogP contribution in [0.15, 0.2) is 48.5 Å². The highest BCUT2D eigenvalue weighted by atomic mass is 16.6. The van der Waals surface area contributed by atoms with Gasteiger partial charge >= 0.3 is 18.2 Å². The van der Waals surface area contributed by atoms with Gasteiger partial charge in [-0.05, 0) is 49.4 Å². The second-order valence-corrected chi connectivity index (χ2v) is 9.32. The molecule has 2 amide bonds. The number of hydrogen-bond donors (Lipinski definition) is 2. The normalized spacial score (nSPS) is 19.5. The largest absolute Gasteiger partial charge is 0.480 e. The van der Waals surface area contributed by atoms with Gasteiger partial charge in [0, 0.05) is 12.5 Å². The van der Waals surface area contributed by atoms with E-state index in [0.29, 0.717) is 6.42 Å². The van der Waals surface area contributed by atoms with Crippen molar-refractivity contribution in [3.8, 4) is 11.1 Å². The van der Waals surface area contributed by atoms with Gasteiger partial charge < -0.3 is 19.9 Å². The Bertz CT molecular complexity index is 1030. The van der Waals surface area contributed by atoms with E-state index in [1.165, 1.54) is 0 Å². The minimum atomic E-state index is -1.22. The minimum absolute atomic E-state index is 0.0970. The predicted octanol–water partition coefficient (Wildman–Crippen LogP) is 3.99. The first-order valence-corrected chi connectivity index (χ1v) is 11.0. The molecule has 0 saturated carbocycles. The number of alkyl carbamates (subject to hydrolysis) is 1. The lowest BCUT2D eigenvalue weighted by Crippen LogP contribution is -2.52. The van der Waals surface area contributed by atoms with Gasteiger partial charge in [0.2, 0.25) is 0 Å². The van der Waals surface area contributed by atoms with Crippen molar-refractivity contribution >= 4 is 18.2 Å². The van der Waals surface area contributed by atoms with Gasteiger partial charge in [-0.15, -0.1) is 0 Å². The number of nitrogens with zero attached hydrogens (tertiary/aromatic N) is 1. The molecule has 1 heterocycles. The zero-order valence-corrected chi connectivity index (χ0v) is 18.9. The molecule has 0 bridgehead atoms. The molecular formula is C25H28N2O6. The third-order valence-corrected chi connectivity index (χ3v) is 5.93. The first-order chi connectivity index (χ1) is 15.7. The molecular weight excluding hydrogens is 424 g/mol.